The summed E-state index contributed by atoms with van der Waals surface area (Å²) in [5.74, 6) is 1.14. The van der Waals surface area contributed by atoms with Gasteiger partial charge in [0.25, 0.3) is 0 Å². The summed E-state index contributed by atoms with van der Waals surface area (Å²) >= 11 is 0. The van der Waals surface area contributed by atoms with Crippen molar-refractivity contribution in [1.29, 1.82) is 0 Å². The Balaban J connectivity index is 1.41. The summed E-state index contributed by atoms with van der Waals surface area (Å²) in [6.45, 7) is 7.30. The first-order chi connectivity index (χ1) is 18.2. The van der Waals surface area contributed by atoms with Crippen LogP contribution in [0.3, 0.4) is 0 Å². The minimum atomic E-state index is -3.45. The number of anilines is 4. The van der Waals surface area contributed by atoms with Gasteiger partial charge in [0.1, 0.15) is 11.4 Å². The molecule has 5 rings (SSSR count). The van der Waals surface area contributed by atoms with Crippen molar-refractivity contribution in [2.75, 3.05) is 55.3 Å². The summed E-state index contributed by atoms with van der Waals surface area (Å²) in [6.07, 6.45) is 3.65. The molecule has 2 aromatic heterocycles. The Kier molecular flexibility index (Phi) is 7.13. The number of fused-ring (bicyclic) bond motifs is 1. The van der Waals surface area contributed by atoms with Crippen LogP contribution in [0.2, 0.25) is 0 Å². The molecule has 0 amide bonds. The van der Waals surface area contributed by atoms with Gasteiger partial charge in [-0.15, -0.1) is 0 Å². The molecular weight excluding hydrogens is 502 g/mol. The predicted octanol–water partition coefficient (Wildman–Crippen LogP) is 4.07. The van der Waals surface area contributed by atoms with Gasteiger partial charge in [-0.05, 0) is 57.3 Å². The van der Waals surface area contributed by atoms with Gasteiger partial charge < -0.3 is 24.4 Å². The van der Waals surface area contributed by atoms with E-state index in [2.05, 4.69) is 37.9 Å². The van der Waals surface area contributed by atoms with Crippen LogP contribution in [0, 0.1) is 0 Å². The molecular formula is C27H33N7O3S. The number of ether oxygens (including phenoxy) is 1. The number of aromatic nitrogens is 3. The van der Waals surface area contributed by atoms with Crippen LogP contribution < -0.4 is 19.7 Å². The van der Waals surface area contributed by atoms with Crippen LogP contribution >= 0.6 is 0 Å². The Morgan fingerprint density at radius 3 is 2.53 bits per heavy atom. The number of rotatable bonds is 8. The van der Waals surface area contributed by atoms with E-state index >= 15 is 0 Å². The number of hydrogen-bond acceptors (Lipinski definition) is 8. The second-order valence-electron chi connectivity index (χ2n) is 9.70. The van der Waals surface area contributed by atoms with Gasteiger partial charge in [-0.2, -0.15) is 4.98 Å². The van der Waals surface area contributed by atoms with Crippen LogP contribution in [0.4, 0.5) is 23.0 Å². The molecule has 0 spiro atoms. The van der Waals surface area contributed by atoms with E-state index in [4.69, 9.17) is 9.72 Å². The minimum absolute atomic E-state index is 0.430. The third kappa shape index (κ3) is 5.39. The number of benzene rings is 2. The van der Waals surface area contributed by atoms with Gasteiger partial charge in [0.2, 0.25) is 16.0 Å². The molecule has 11 heteroatoms. The molecule has 2 N–H and O–H groups in total. The topological polar surface area (TPSA) is 105 Å². The number of hydrogen-bond donors (Lipinski definition) is 2. The number of methoxy groups -OCH3 is 1. The summed E-state index contributed by atoms with van der Waals surface area (Å²) in [4.78, 5) is 13.9. The lowest BCUT2D eigenvalue weighted by molar-refractivity contribution is 0.312. The first-order valence-electron chi connectivity index (χ1n) is 12.6. The van der Waals surface area contributed by atoms with Crippen molar-refractivity contribution >= 4 is 44.1 Å². The molecule has 1 saturated heterocycles. The second kappa shape index (κ2) is 10.5. The van der Waals surface area contributed by atoms with Gasteiger partial charge in [0, 0.05) is 61.4 Å². The van der Waals surface area contributed by atoms with Gasteiger partial charge in [-0.25, -0.2) is 13.4 Å². The molecule has 0 bridgehead atoms. The van der Waals surface area contributed by atoms with E-state index in [1.54, 1.807) is 39.3 Å². The van der Waals surface area contributed by atoms with Crippen molar-refractivity contribution in [3.05, 3.63) is 60.9 Å². The quantitative estimate of drug-likeness (QED) is 0.348. The van der Waals surface area contributed by atoms with Gasteiger partial charge in [0.15, 0.2) is 0 Å². The first-order valence-corrected chi connectivity index (χ1v) is 14.1. The molecule has 10 nitrogen and oxygen atoms in total. The lowest BCUT2D eigenvalue weighted by atomic mass is 10.2. The van der Waals surface area contributed by atoms with Crippen LogP contribution in [-0.2, 0) is 10.0 Å². The molecule has 0 saturated carbocycles. The highest BCUT2D eigenvalue weighted by molar-refractivity contribution is 7.93. The number of likely N-dealkylation sites (N-methyl/N-ethyl adjacent to an activating group) is 1. The third-order valence-electron chi connectivity index (χ3n) is 6.73. The zero-order chi connectivity index (χ0) is 26.9. The summed E-state index contributed by atoms with van der Waals surface area (Å²) in [5, 5.41) is 3.62. The van der Waals surface area contributed by atoms with Crippen LogP contribution in [0.1, 0.15) is 13.8 Å². The van der Waals surface area contributed by atoms with E-state index in [0.29, 0.717) is 23.0 Å². The molecule has 2 aromatic carbocycles. The molecule has 38 heavy (non-hydrogen) atoms. The number of nitrogens with zero attached hydrogens (tertiary/aromatic N) is 5. The maximum Gasteiger partial charge on any atom is 0.235 e. The van der Waals surface area contributed by atoms with Crippen molar-refractivity contribution in [3.63, 3.8) is 0 Å². The monoisotopic (exact) mass is 535 g/mol. The van der Waals surface area contributed by atoms with Crippen molar-refractivity contribution in [2.45, 2.75) is 19.1 Å². The fourth-order valence-corrected chi connectivity index (χ4v) is 5.04. The molecule has 0 aliphatic carbocycles. The zero-order valence-electron chi connectivity index (χ0n) is 22.0. The van der Waals surface area contributed by atoms with Gasteiger partial charge >= 0.3 is 0 Å². The van der Waals surface area contributed by atoms with E-state index in [-0.39, 0.29) is 0 Å². The summed E-state index contributed by atoms with van der Waals surface area (Å²) in [7, 11) is 0.347. The molecule has 4 aromatic rings. The first kappa shape index (κ1) is 25.8. The van der Waals surface area contributed by atoms with Crippen LogP contribution in [0.25, 0.3) is 16.7 Å². The summed E-state index contributed by atoms with van der Waals surface area (Å²) < 4.78 is 34.9. The van der Waals surface area contributed by atoms with Gasteiger partial charge in [0.05, 0.1) is 23.7 Å². The highest BCUT2D eigenvalue weighted by atomic mass is 32.2. The average molecular weight is 536 g/mol. The standard InChI is InChI=1S/C27H33N7O3S/c1-19(2)38(35,36)31-21-6-5-7-23(16-21)34-11-10-20-18-28-27(30-26(20)34)29-24-9-8-22(17-25(24)37-4)33-14-12-32(3)13-15-33/h5-11,16-19,31H,12-15H2,1-4H3,(H,28,29,30). The minimum Gasteiger partial charge on any atom is -0.494 e. The average Bonchev–Trinajstić information content (AvgIpc) is 3.32. The van der Waals surface area contributed by atoms with Gasteiger partial charge in [-0.1, -0.05) is 6.07 Å². The molecule has 0 unspecified atom stereocenters. The maximum absolute atomic E-state index is 12.3. The van der Waals surface area contributed by atoms with Crippen molar-refractivity contribution in [1.82, 2.24) is 19.4 Å². The third-order valence-corrected chi connectivity index (χ3v) is 8.49. The van der Waals surface area contributed by atoms with E-state index < -0.39 is 15.3 Å². The van der Waals surface area contributed by atoms with Gasteiger partial charge in [-0.3, -0.25) is 4.72 Å². The van der Waals surface area contributed by atoms with Crippen LogP contribution in [-0.4, -0.2) is 73.4 Å². The Hall–Kier alpha value is -3.83. The Morgan fingerprint density at radius 2 is 1.79 bits per heavy atom. The van der Waals surface area contributed by atoms with E-state index in [1.807, 2.05) is 41.1 Å². The molecule has 1 aliphatic rings. The van der Waals surface area contributed by atoms with Crippen molar-refractivity contribution < 1.29 is 13.2 Å². The summed E-state index contributed by atoms with van der Waals surface area (Å²) in [6, 6.07) is 15.3. The lowest BCUT2D eigenvalue weighted by Gasteiger charge is -2.34. The second-order valence-corrected chi connectivity index (χ2v) is 11.9. The number of piperazine rings is 1. The number of sulfonamides is 1. The predicted molar refractivity (Wildman–Crippen MR) is 153 cm³/mol. The van der Waals surface area contributed by atoms with Crippen LogP contribution in [0.5, 0.6) is 5.75 Å². The fourth-order valence-electron chi connectivity index (χ4n) is 4.35. The summed E-state index contributed by atoms with van der Waals surface area (Å²) in [5.41, 5.74) is 3.87. The van der Waals surface area contributed by atoms with Crippen molar-refractivity contribution in [3.8, 4) is 11.4 Å². The maximum atomic E-state index is 12.3. The largest absolute Gasteiger partial charge is 0.494 e. The molecule has 1 fully saturated rings. The molecule has 3 heterocycles. The SMILES string of the molecule is COc1cc(N2CCN(C)CC2)ccc1Nc1ncc2ccn(-c3cccc(NS(=O)(=O)C(C)C)c3)c2n1. The van der Waals surface area contributed by atoms with E-state index in [1.165, 1.54) is 0 Å². The molecule has 1 aliphatic heterocycles. The smallest absolute Gasteiger partial charge is 0.235 e. The highest BCUT2D eigenvalue weighted by Crippen LogP contribution is 2.32. The van der Waals surface area contributed by atoms with E-state index in [0.717, 1.165) is 48.6 Å². The lowest BCUT2D eigenvalue weighted by Crippen LogP contribution is -2.44. The van der Waals surface area contributed by atoms with E-state index in [9.17, 15) is 8.42 Å². The molecule has 200 valence electrons. The van der Waals surface area contributed by atoms with Crippen LogP contribution in [0.15, 0.2) is 60.9 Å². The Morgan fingerprint density at radius 1 is 1.00 bits per heavy atom. The molecule has 0 atom stereocenters. The zero-order valence-corrected chi connectivity index (χ0v) is 22.9. The highest BCUT2D eigenvalue weighted by Gasteiger charge is 2.18. The Bertz CT molecular complexity index is 1540. The number of nitrogens with one attached hydrogen (secondary N) is 2. The molecule has 0 radical (unpaired) electrons. The normalized spacial score (nSPS) is 14.7. The van der Waals surface area contributed by atoms with Crippen molar-refractivity contribution in [2.24, 2.45) is 0 Å². The Labute approximate surface area is 223 Å². The fraction of sp³-hybridized carbons (Fsp3) is 0.333.